The molecular weight excluding hydrogens is 510 g/mol. The van der Waals surface area contributed by atoms with Crippen LogP contribution in [-0.4, -0.2) is 16.7 Å². The lowest BCUT2D eigenvalue weighted by molar-refractivity contribution is 0.340. The van der Waals surface area contributed by atoms with E-state index < -0.39 is 0 Å². The van der Waals surface area contributed by atoms with Crippen LogP contribution in [0, 0.1) is 6.92 Å². The lowest BCUT2D eigenvalue weighted by Gasteiger charge is -2.26. The van der Waals surface area contributed by atoms with E-state index in [0.29, 0.717) is 11.7 Å². The van der Waals surface area contributed by atoms with Gasteiger partial charge in [0.25, 0.3) is 0 Å². The van der Waals surface area contributed by atoms with Crippen LogP contribution in [0.3, 0.4) is 0 Å². The molecule has 1 N–H and O–H groups in total. The molecule has 4 aromatic rings. The minimum atomic E-state index is -0.195. The zero-order valence-corrected chi connectivity index (χ0v) is 21.3. The third kappa shape index (κ3) is 4.33. The highest BCUT2D eigenvalue weighted by atomic mass is 79.9. The molecule has 2 aromatic carbocycles. The van der Waals surface area contributed by atoms with Gasteiger partial charge in [0.15, 0.2) is 5.11 Å². The van der Waals surface area contributed by atoms with Gasteiger partial charge < -0.3 is 19.4 Å². The molecule has 0 saturated carbocycles. The number of nitrogens with zero attached hydrogens (tertiary/aromatic N) is 2. The second-order valence-corrected chi connectivity index (χ2v) is 9.33. The summed E-state index contributed by atoms with van der Waals surface area (Å²) in [5.74, 6) is 2.45. The SMILES string of the molecule is CCOc1ccc(-c2ccc([C@@H]3[C@@H](c4ccccn4)NC(=S)N3c3ccc(Br)c(C)c3)o2)cc1. The molecule has 5 nitrogen and oxygen atoms in total. The topological polar surface area (TPSA) is 50.5 Å². The Kier molecular flexibility index (Phi) is 6.39. The highest BCUT2D eigenvalue weighted by Gasteiger charge is 2.42. The number of hydrogen-bond donors (Lipinski definition) is 1. The summed E-state index contributed by atoms with van der Waals surface area (Å²) in [6, 6.07) is 23.8. The third-order valence-corrected chi connectivity index (χ3v) is 7.09. The van der Waals surface area contributed by atoms with Crippen LogP contribution >= 0.6 is 28.1 Å². The first kappa shape index (κ1) is 22.6. The maximum absolute atomic E-state index is 6.44. The summed E-state index contributed by atoms with van der Waals surface area (Å²) in [6.07, 6.45) is 1.80. The molecule has 0 radical (unpaired) electrons. The summed E-state index contributed by atoms with van der Waals surface area (Å²) in [4.78, 5) is 6.73. The monoisotopic (exact) mass is 533 g/mol. The second kappa shape index (κ2) is 9.60. The van der Waals surface area contributed by atoms with E-state index in [-0.39, 0.29) is 12.1 Å². The predicted octanol–water partition coefficient (Wildman–Crippen LogP) is 6.99. The quantitative estimate of drug-likeness (QED) is 0.269. The van der Waals surface area contributed by atoms with Crippen molar-refractivity contribution in [2.24, 2.45) is 0 Å². The van der Waals surface area contributed by atoms with Crippen molar-refractivity contribution >= 4 is 38.9 Å². The average Bonchev–Trinajstić information content (AvgIpc) is 3.47. The van der Waals surface area contributed by atoms with Gasteiger partial charge in [0.2, 0.25) is 0 Å². The lowest BCUT2D eigenvalue weighted by Crippen LogP contribution is -2.29. The Morgan fingerprint density at radius 2 is 1.91 bits per heavy atom. The van der Waals surface area contributed by atoms with Gasteiger partial charge in [-0.2, -0.15) is 0 Å². The van der Waals surface area contributed by atoms with Crippen LogP contribution in [0.5, 0.6) is 5.75 Å². The second-order valence-electron chi connectivity index (χ2n) is 8.09. The molecule has 34 heavy (non-hydrogen) atoms. The first-order valence-electron chi connectivity index (χ1n) is 11.1. The van der Waals surface area contributed by atoms with Crippen molar-refractivity contribution in [3.63, 3.8) is 0 Å². The Labute approximate surface area is 212 Å². The first-order chi connectivity index (χ1) is 16.5. The van der Waals surface area contributed by atoms with E-state index in [1.165, 1.54) is 0 Å². The van der Waals surface area contributed by atoms with Crippen LogP contribution in [-0.2, 0) is 0 Å². The predicted molar refractivity (Wildman–Crippen MR) is 142 cm³/mol. The Bertz CT molecular complexity index is 1310. The van der Waals surface area contributed by atoms with Gasteiger partial charge in [-0.05, 0) is 98.4 Å². The molecule has 0 unspecified atom stereocenters. The molecule has 1 aliphatic heterocycles. The standard InChI is InChI=1S/C27H24BrN3O2S/c1-3-32-20-10-7-18(8-11-20)23-13-14-24(33-23)26-25(22-6-4-5-15-29-22)30-27(34)31(26)19-9-12-21(28)17(2)16-19/h4-16,25-26H,3H2,1-2H3,(H,30,34)/t25-,26-/m1/s1. The Morgan fingerprint density at radius 1 is 1.09 bits per heavy atom. The van der Waals surface area contributed by atoms with Crippen LogP contribution in [0.1, 0.15) is 36.0 Å². The Balaban J connectivity index is 1.55. The summed E-state index contributed by atoms with van der Waals surface area (Å²) in [6.45, 7) is 4.69. The number of halogens is 1. The maximum atomic E-state index is 6.44. The fourth-order valence-electron chi connectivity index (χ4n) is 4.25. The fraction of sp³-hybridized carbons (Fsp3) is 0.185. The van der Waals surface area contributed by atoms with Gasteiger partial charge in [0, 0.05) is 21.9 Å². The van der Waals surface area contributed by atoms with Gasteiger partial charge in [-0.25, -0.2) is 0 Å². The number of ether oxygens (including phenoxy) is 1. The molecule has 1 saturated heterocycles. The number of rotatable bonds is 6. The van der Waals surface area contributed by atoms with Crippen LogP contribution in [0.2, 0.25) is 0 Å². The van der Waals surface area contributed by atoms with E-state index in [2.05, 4.69) is 50.2 Å². The van der Waals surface area contributed by atoms with Crippen molar-refractivity contribution in [1.82, 2.24) is 10.3 Å². The van der Waals surface area contributed by atoms with Crippen LogP contribution in [0.4, 0.5) is 5.69 Å². The fourth-order valence-corrected chi connectivity index (χ4v) is 4.84. The summed E-state index contributed by atoms with van der Waals surface area (Å²) in [7, 11) is 0. The van der Waals surface area contributed by atoms with E-state index in [1.54, 1.807) is 6.20 Å². The van der Waals surface area contributed by atoms with Crippen LogP contribution in [0.25, 0.3) is 11.3 Å². The zero-order valence-electron chi connectivity index (χ0n) is 18.9. The Morgan fingerprint density at radius 3 is 2.62 bits per heavy atom. The molecule has 0 amide bonds. The number of benzene rings is 2. The van der Waals surface area contributed by atoms with Crippen LogP contribution in [0.15, 0.2) is 87.9 Å². The van der Waals surface area contributed by atoms with Crippen LogP contribution < -0.4 is 15.0 Å². The van der Waals surface area contributed by atoms with E-state index in [9.17, 15) is 0 Å². The molecule has 2 atom stereocenters. The minimum absolute atomic E-state index is 0.156. The molecule has 172 valence electrons. The summed E-state index contributed by atoms with van der Waals surface area (Å²) < 4.78 is 13.1. The molecule has 0 aliphatic carbocycles. The molecule has 1 fully saturated rings. The number of thiocarbonyl (C=S) groups is 1. The molecule has 5 rings (SSSR count). The largest absolute Gasteiger partial charge is 0.494 e. The number of aromatic nitrogens is 1. The molecule has 0 spiro atoms. The van der Waals surface area contributed by atoms with E-state index in [1.807, 2.05) is 67.6 Å². The number of nitrogens with one attached hydrogen (secondary N) is 1. The number of hydrogen-bond acceptors (Lipinski definition) is 4. The van der Waals surface area contributed by atoms with Crippen molar-refractivity contribution in [1.29, 1.82) is 0 Å². The van der Waals surface area contributed by atoms with Gasteiger partial charge in [0.05, 0.1) is 18.3 Å². The summed E-state index contributed by atoms with van der Waals surface area (Å²) in [5, 5.41) is 4.12. The van der Waals surface area contributed by atoms with Gasteiger partial charge in [0.1, 0.15) is 23.3 Å². The number of aryl methyl sites for hydroxylation is 1. The normalized spacial score (nSPS) is 17.6. The minimum Gasteiger partial charge on any atom is -0.494 e. The highest BCUT2D eigenvalue weighted by molar-refractivity contribution is 9.10. The van der Waals surface area contributed by atoms with Crippen molar-refractivity contribution in [3.05, 3.63) is 100 Å². The van der Waals surface area contributed by atoms with Crippen molar-refractivity contribution in [2.75, 3.05) is 11.5 Å². The average molecular weight is 534 g/mol. The van der Waals surface area contributed by atoms with E-state index >= 15 is 0 Å². The van der Waals surface area contributed by atoms with E-state index in [0.717, 1.165) is 44.3 Å². The van der Waals surface area contributed by atoms with Gasteiger partial charge in [-0.1, -0.05) is 22.0 Å². The van der Waals surface area contributed by atoms with Crippen molar-refractivity contribution in [2.45, 2.75) is 25.9 Å². The van der Waals surface area contributed by atoms with Crippen molar-refractivity contribution < 1.29 is 9.15 Å². The first-order valence-corrected chi connectivity index (χ1v) is 12.3. The molecule has 0 bridgehead atoms. The number of pyridine rings is 1. The summed E-state index contributed by atoms with van der Waals surface area (Å²) in [5.41, 5.74) is 4.03. The lowest BCUT2D eigenvalue weighted by atomic mass is 10.0. The van der Waals surface area contributed by atoms with Gasteiger partial charge >= 0.3 is 0 Å². The number of anilines is 1. The van der Waals surface area contributed by atoms with E-state index in [4.69, 9.17) is 21.4 Å². The summed E-state index contributed by atoms with van der Waals surface area (Å²) >= 11 is 9.41. The highest BCUT2D eigenvalue weighted by Crippen LogP contribution is 2.43. The molecule has 3 heterocycles. The maximum Gasteiger partial charge on any atom is 0.174 e. The van der Waals surface area contributed by atoms with Crippen molar-refractivity contribution in [3.8, 4) is 17.1 Å². The molecule has 7 heteroatoms. The molecule has 2 aromatic heterocycles. The smallest absolute Gasteiger partial charge is 0.174 e. The van der Waals surface area contributed by atoms with Gasteiger partial charge in [-0.3, -0.25) is 4.98 Å². The zero-order chi connectivity index (χ0) is 23.7. The molecular formula is C27H24BrN3O2S. The van der Waals surface area contributed by atoms with Gasteiger partial charge in [-0.15, -0.1) is 0 Å². The number of furan rings is 1. The Hall–Kier alpha value is -3.16. The third-order valence-electron chi connectivity index (χ3n) is 5.89. The molecule has 1 aliphatic rings.